The highest BCUT2D eigenvalue weighted by molar-refractivity contribution is 6.43. The van der Waals surface area contributed by atoms with E-state index in [1.807, 2.05) is 54.6 Å². The van der Waals surface area contributed by atoms with E-state index in [0.29, 0.717) is 22.1 Å². The summed E-state index contributed by atoms with van der Waals surface area (Å²) in [4.78, 5) is 16.9. The maximum Gasteiger partial charge on any atom is 0.360 e. The molecule has 3 aromatic rings. The number of methoxy groups -OCH3 is 1. The summed E-state index contributed by atoms with van der Waals surface area (Å²) in [6.45, 7) is 0. The van der Waals surface area contributed by atoms with Crippen molar-refractivity contribution in [1.82, 2.24) is 0 Å². The number of esters is 1. The third kappa shape index (κ3) is 4.50. The molecular weight excluding hydrogens is 378 g/mol. The van der Waals surface area contributed by atoms with Crippen LogP contribution >= 0.6 is 11.6 Å². The lowest BCUT2D eigenvalue weighted by molar-refractivity contribution is -0.132. The molecule has 0 heterocycles. The minimum absolute atomic E-state index is 0.0226. The fraction of sp³-hybridized carbons (Fsp3) is 0.0909. The number of halogens is 1. The fourth-order valence-corrected chi connectivity index (χ4v) is 2.77. The normalized spacial score (nSPS) is 11.0. The molecule has 0 saturated heterocycles. The zero-order valence-corrected chi connectivity index (χ0v) is 16.1. The largest absolute Gasteiger partial charge is 0.464 e. The van der Waals surface area contributed by atoms with E-state index in [9.17, 15) is 4.79 Å². The molecule has 0 aliphatic carbocycles. The number of oxime groups is 1. The van der Waals surface area contributed by atoms with Gasteiger partial charge in [-0.2, -0.15) is 0 Å². The SMILES string of the molecule is CO/N=C(/C(=O)OC)c1ccccc1Oc1cccc(-c2ccc(Cl)cc2)c1. The summed E-state index contributed by atoms with van der Waals surface area (Å²) >= 11 is 5.96. The minimum Gasteiger partial charge on any atom is -0.464 e. The minimum atomic E-state index is -0.618. The first-order valence-electron chi connectivity index (χ1n) is 8.45. The Labute approximate surface area is 168 Å². The van der Waals surface area contributed by atoms with Crippen molar-refractivity contribution in [2.45, 2.75) is 0 Å². The Bertz CT molecular complexity index is 999. The molecule has 3 aromatic carbocycles. The van der Waals surface area contributed by atoms with Crippen LogP contribution in [0, 0.1) is 0 Å². The Balaban J connectivity index is 1.95. The molecule has 0 aromatic heterocycles. The maximum atomic E-state index is 12.1. The summed E-state index contributed by atoms with van der Waals surface area (Å²) in [5.74, 6) is 0.450. The van der Waals surface area contributed by atoms with Crippen LogP contribution in [0.4, 0.5) is 0 Å². The molecule has 0 aliphatic heterocycles. The van der Waals surface area contributed by atoms with Crippen molar-refractivity contribution >= 4 is 23.3 Å². The number of benzene rings is 3. The van der Waals surface area contributed by atoms with Crippen molar-refractivity contribution in [3.05, 3.63) is 83.4 Å². The van der Waals surface area contributed by atoms with E-state index in [2.05, 4.69) is 5.16 Å². The van der Waals surface area contributed by atoms with Crippen molar-refractivity contribution in [2.24, 2.45) is 5.16 Å². The van der Waals surface area contributed by atoms with E-state index >= 15 is 0 Å². The average molecular weight is 396 g/mol. The third-order valence-electron chi connectivity index (χ3n) is 3.94. The zero-order valence-electron chi connectivity index (χ0n) is 15.4. The van der Waals surface area contributed by atoms with Gasteiger partial charge < -0.3 is 14.3 Å². The van der Waals surface area contributed by atoms with Crippen LogP contribution in [0.3, 0.4) is 0 Å². The summed E-state index contributed by atoms with van der Waals surface area (Å²) in [5.41, 5.74) is 2.48. The van der Waals surface area contributed by atoms with E-state index in [1.165, 1.54) is 14.2 Å². The Morgan fingerprint density at radius 2 is 1.64 bits per heavy atom. The molecule has 0 atom stereocenters. The van der Waals surface area contributed by atoms with Crippen molar-refractivity contribution in [1.29, 1.82) is 0 Å². The summed E-state index contributed by atoms with van der Waals surface area (Å²) in [6, 6.07) is 22.2. The molecule has 0 spiro atoms. The van der Waals surface area contributed by atoms with Crippen molar-refractivity contribution in [3.63, 3.8) is 0 Å². The van der Waals surface area contributed by atoms with Crippen LogP contribution in [0.25, 0.3) is 11.1 Å². The molecule has 0 N–H and O–H groups in total. The van der Waals surface area contributed by atoms with Gasteiger partial charge in [0.15, 0.2) is 5.71 Å². The highest BCUT2D eigenvalue weighted by atomic mass is 35.5. The van der Waals surface area contributed by atoms with Crippen LogP contribution in [0.2, 0.25) is 5.02 Å². The van der Waals surface area contributed by atoms with Gasteiger partial charge in [0.2, 0.25) is 0 Å². The van der Waals surface area contributed by atoms with E-state index in [4.69, 9.17) is 25.9 Å². The highest BCUT2D eigenvalue weighted by Crippen LogP contribution is 2.30. The second kappa shape index (κ2) is 9.06. The average Bonchev–Trinajstić information content (AvgIpc) is 2.73. The number of carbonyl (C=O) groups is 1. The lowest BCUT2D eigenvalue weighted by Crippen LogP contribution is -2.18. The predicted octanol–water partition coefficient (Wildman–Crippen LogP) is 5.32. The molecule has 0 saturated carbocycles. The smallest absolute Gasteiger partial charge is 0.360 e. The first-order chi connectivity index (χ1) is 13.6. The number of hydrogen-bond donors (Lipinski definition) is 0. The fourth-order valence-electron chi connectivity index (χ4n) is 2.64. The molecule has 0 amide bonds. The number of ether oxygens (including phenoxy) is 2. The molecule has 0 fully saturated rings. The third-order valence-corrected chi connectivity index (χ3v) is 4.19. The Hall–Kier alpha value is -3.31. The van der Waals surface area contributed by atoms with Crippen molar-refractivity contribution in [2.75, 3.05) is 14.2 Å². The topological polar surface area (TPSA) is 57.1 Å². The van der Waals surface area contributed by atoms with Crippen LogP contribution in [-0.4, -0.2) is 25.9 Å². The molecular formula is C22H18ClNO4. The van der Waals surface area contributed by atoms with Crippen LogP contribution < -0.4 is 4.74 Å². The number of carbonyl (C=O) groups excluding carboxylic acids is 1. The molecule has 6 heteroatoms. The van der Waals surface area contributed by atoms with Crippen LogP contribution in [0.5, 0.6) is 11.5 Å². The summed E-state index contributed by atoms with van der Waals surface area (Å²) in [6.07, 6.45) is 0. The monoisotopic (exact) mass is 395 g/mol. The Kier molecular flexibility index (Phi) is 6.29. The van der Waals surface area contributed by atoms with Gasteiger partial charge in [0.1, 0.15) is 18.6 Å². The second-order valence-corrected chi connectivity index (χ2v) is 6.18. The number of para-hydroxylation sites is 1. The van der Waals surface area contributed by atoms with Gasteiger partial charge in [-0.1, -0.05) is 53.2 Å². The predicted molar refractivity (Wildman–Crippen MR) is 109 cm³/mol. The summed E-state index contributed by atoms with van der Waals surface area (Å²) in [5, 5.41) is 4.47. The highest BCUT2D eigenvalue weighted by Gasteiger charge is 2.20. The molecule has 28 heavy (non-hydrogen) atoms. The van der Waals surface area contributed by atoms with Crippen LogP contribution in [-0.2, 0) is 14.4 Å². The standard InChI is InChI=1S/C22H18ClNO4/c1-26-22(25)21(24-27-2)19-8-3-4-9-20(19)28-18-7-5-6-16(14-18)15-10-12-17(23)13-11-15/h3-14H,1-2H3/b24-21+. The molecule has 0 radical (unpaired) electrons. The van der Waals surface area contributed by atoms with Gasteiger partial charge in [-0.05, 0) is 47.5 Å². The van der Waals surface area contributed by atoms with E-state index in [0.717, 1.165) is 11.1 Å². The Morgan fingerprint density at radius 3 is 2.36 bits per heavy atom. The molecule has 3 rings (SSSR count). The van der Waals surface area contributed by atoms with Crippen molar-refractivity contribution in [3.8, 4) is 22.6 Å². The number of rotatable bonds is 6. The molecule has 0 bridgehead atoms. The Morgan fingerprint density at radius 1 is 0.893 bits per heavy atom. The molecule has 0 unspecified atom stereocenters. The maximum absolute atomic E-state index is 12.1. The molecule has 142 valence electrons. The molecule has 5 nitrogen and oxygen atoms in total. The lowest BCUT2D eigenvalue weighted by atomic mass is 10.1. The summed E-state index contributed by atoms with van der Waals surface area (Å²) < 4.78 is 10.8. The lowest BCUT2D eigenvalue weighted by Gasteiger charge is -2.12. The van der Waals surface area contributed by atoms with Crippen LogP contribution in [0.1, 0.15) is 5.56 Å². The van der Waals surface area contributed by atoms with Crippen LogP contribution in [0.15, 0.2) is 78.0 Å². The molecule has 0 aliphatic rings. The van der Waals surface area contributed by atoms with Gasteiger partial charge in [0, 0.05) is 5.02 Å². The van der Waals surface area contributed by atoms with Gasteiger partial charge in [0.25, 0.3) is 0 Å². The van der Waals surface area contributed by atoms with Gasteiger partial charge >= 0.3 is 5.97 Å². The first-order valence-corrected chi connectivity index (χ1v) is 8.83. The number of hydrogen-bond acceptors (Lipinski definition) is 5. The van der Waals surface area contributed by atoms with Gasteiger partial charge in [-0.25, -0.2) is 4.79 Å². The van der Waals surface area contributed by atoms with E-state index in [-0.39, 0.29) is 5.71 Å². The number of nitrogens with zero attached hydrogens (tertiary/aromatic N) is 1. The second-order valence-electron chi connectivity index (χ2n) is 5.75. The summed E-state index contributed by atoms with van der Waals surface area (Å²) in [7, 11) is 2.65. The van der Waals surface area contributed by atoms with E-state index in [1.54, 1.807) is 18.2 Å². The quantitative estimate of drug-likeness (QED) is 0.322. The van der Waals surface area contributed by atoms with Gasteiger partial charge in [-0.3, -0.25) is 0 Å². The van der Waals surface area contributed by atoms with E-state index < -0.39 is 5.97 Å². The first kappa shape index (κ1) is 19.5. The zero-order chi connectivity index (χ0) is 19.9. The van der Waals surface area contributed by atoms with Crippen molar-refractivity contribution < 1.29 is 19.1 Å². The van der Waals surface area contributed by atoms with Gasteiger partial charge in [0.05, 0.1) is 12.7 Å². The van der Waals surface area contributed by atoms with Gasteiger partial charge in [-0.15, -0.1) is 0 Å².